The molecule has 1 aromatic rings. The van der Waals surface area contributed by atoms with Crippen LogP contribution in [0.25, 0.3) is 0 Å². The van der Waals surface area contributed by atoms with Crippen molar-refractivity contribution in [3.8, 4) is 11.5 Å². The summed E-state index contributed by atoms with van der Waals surface area (Å²) in [6.07, 6.45) is 1.21. The second kappa shape index (κ2) is 7.74. The third kappa shape index (κ3) is 3.62. The third-order valence-corrected chi connectivity index (χ3v) is 5.90. The average Bonchev–Trinajstić information content (AvgIpc) is 2.64. The Bertz CT molecular complexity index is 799. The van der Waals surface area contributed by atoms with Gasteiger partial charge in [-0.2, -0.15) is 0 Å². The summed E-state index contributed by atoms with van der Waals surface area (Å²) in [6.45, 7) is 4.24. The third-order valence-electron chi connectivity index (χ3n) is 5.67. The van der Waals surface area contributed by atoms with E-state index in [1.807, 2.05) is 19.9 Å². The molecule has 0 radical (unpaired) electrons. The maximum Gasteiger partial charge on any atom is 0.238 e. The van der Waals surface area contributed by atoms with Gasteiger partial charge in [-0.05, 0) is 35.1 Å². The lowest BCUT2D eigenvalue weighted by molar-refractivity contribution is -0.146. The predicted octanol–water partition coefficient (Wildman–Crippen LogP) is 2.94. The molecule has 2 aliphatic rings. The van der Waals surface area contributed by atoms with E-state index in [0.717, 1.165) is 11.1 Å². The summed E-state index contributed by atoms with van der Waals surface area (Å²) in [6, 6.07) is 2.99. The van der Waals surface area contributed by atoms with E-state index in [2.05, 4.69) is 0 Å². The highest BCUT2D eigenvalue weighted by Crippen LogP contribution is 2.46. The van der Waals surface area contributed by atoms with Gasteiger partial charge in [0.1, 0.15) is 23.4 Å². The van der Waals surface area contributed by atoms with Crippen molar-refractivity contribution in [3.63, 3.8) is 0 Å². The Morgan fingerprint density at radius 1 is 1.14 bits per heavy atom. The molecule has 7 heteroatoms. The monoisotopic (exact) mass is 407 g/mol. The van der Waals surface area contributed by atoms with Crippen LogP contribution in [0.3, 0.4) is 0 Å². The highest BCUT2D eigenvalue weighted by atomic mass is 35.5. The molecule has 6 nitrogen and oxygen atoms in total. The molecule has 0 spiro atoms. The largest absolute Gasteiger partial charge is 0.493 e. The number of alkyl halides is 1. The van der Waals surface area contributed by atoms with E-state index >= 15 is 0 Å². The molecular formula is C21H26ClNO5. The number of ether oxygens (including phenoxy) is 2. The zero-order valence-corrected chi connectivity index (χ0v) is 17.5. The van der Waals surface area contributed by atoms with E-state index in [-0.39, 0.29) is 28.8 Å². The van der Waals surface area contributed by atoms with Crippen molar-refractivity contribution in [2.45, 2.75) is 39.2 Å². The Hall–Kier alpha value is -2.08. The highest BCUT2D eigenvalue weighted by molar-refractivity contribution is 6.27. The van der Waals surface area contributed by atoms with Crippen LogP contribution in [0, 0.1) is 11.3 Å². The summed E-state index contributed by atoms with van der Waals surface area (Å²) in [7, 11) is 3.09. The molecule has 0 saturated heterocycles. The molecule has 0 N–H and O–H groups in total. The van der Waals surface area contributed by atoms with E-state index in [9.17, 15) is 14.4 Å². The van der Waals surface area contributed by atoms with Crippen LogP contribution in [-0.2, 0) is 20.8 Å². The Balaban J connectivity index is 2.13. The lowest BCUT2D eigenvalue weighted by Gasteiger charge is -2.43. The molecule has 28 heavy (non-hydrogen) atoms. The van der Waals surface area contributed by atoms with E-state index in [4.69, 9.17) is 21.1 Å². The summed E-state index contributed by atoms with van der Waals surface area (Å²) in [5.74, 6) is -0.515. The number of fused-ring (bicyclic) bond motifs is 1. The second-order valence-corrected chi connectivity index (χ2v) is 8.52. The van der Waals surface area contributed by atoms with Gasteiger partial charge in [0.15, 0.2) is 11.5 Å². The van der Waals surface area contributed by atoms with Gasteiger partial charge in [0, 0.05) is 19.4 Å². The first kappa shape index (κ1) is 20.6. The number of nitrogens with zero attached hydrogens (tertiary/aromatic N) is 1. The molecule has 1 saturated carbocycles. The number of hydrogen-bond donors (Lipinski definition) is 0. The minimum absolute atomic E-state index is 0.124. The first-order valence-electron chi connectivity index (χ1n) is 9.38. The molecule has 0 aromatic heterocycles. The smallest absolute Gasteiger partial charge is 0.238 e. The summed E-state index contributed by atoms with van der Waals surface area (Å²) < 4.78 is 10.8. The van der Waals surface area contributed by atoms with Crippen LogP contribution in [0.5, 0.6) is 11.5 Å². The van der Waals surface area contributed by atoms with Crippen molar-refractivity contribution in [3.05, 3.63) is 23.3 Å². The van der Waals surface area contributed by atoms with Crippen molar-refractivity contribution in [2.24, 2.45) is 11.3 Å². The summed E-state index contributed by atoms with van der Waals surface area (Å²) in [4.78, 5) is 40.2. The molecule has 1 aliphatic heterocycles. The van der Waals surface area contributed by atoms with Gasteiger partial charge in [-0.3, -0.25) is 14.4 Å². The molecular weight excluding hydrogens is 382 g/mol. The van der Waals surface area contributed by atoms with Crippen LogP contribution < -0.4 is 9.47 Å². The van der Waals surface area contributed by atoms with Gasteiger partial charge in [-0.15, -0.1) is 11.6 Å². The molecule has 1 amide bonds. The summed E-state index contributed by atoms with van der Waals surface area (Å²) >= 11 is 5.84. The maximum absolute atomic E-state index is 13.0. The van der Waals surface area contributed by atoms with Gasteiger partial charge in [-0.1, -0.05) is 13.8 Å². The normalized spacial score (nSPS) is 22.0. The number of methoxy groups -OCH3 is 2. The standard InChI is InChI=1S/C21H26ClNO5/c1-21(2)9-14(24)19(15(25)10-21)20-13-8-17(28-4)16(27-3)7-12(13)5-6-23(20)18(26)11-22/h7-8,19-20H,5-6,9-11H2,1-4H3/t20-/m0/s1. The van der Waals surface area contributed by atoms with Gasteiger partial charge in [0.25, 0.3) is 0 Å². The van der Waals surface area contributed by atoms with Crippen molar-refractivity contribution < 1.29 is 23.9 Å². The van der Waals surface area contributed by atoms with Gasteiger partial charge in [0.2, 0.25) is 5.91 Å². The van der Waals surface area contributed by atoms with Crippen molar-refractivity contribution in [2.75, 3.05) is 26.6 Å². The number of carbonyl (C=O) groups is 3. The molecule has 0 bridgehead atoms. The SMILES string of the molecule is COc1cc2c(cc1OC)[C@@H](C1C(=O)CC(C)(C)CC1=O)N(C(=O)CCl)CC2. The fraction of sp³-hybridized carbons (Fsp3) is 0.571. The van der Waals surface area contributed by atoms with Crippen molar-refractivity contribution in [1.82, 2.24) is 4.90 Å². The van der Waals surface area contributed by atoms with Crippen molar-refractivity contribution in [1.29, 1.82) is 0 Å². The number of benzene rings is 1. The molecule has 0 unspecified atom stereocenters. The number of rotatable bonds is 4. The lowest BCUT2D eigenvalue weighted by Crippen LogP contribution is -2.50. The fourth-order valence-electron chi connectivity index (χ4n) is 4.45. The summed E-state index contributed by atoms with van der Waals surface area (Å²) in [5.41, 5.74) is 1.35. The average molecular weight is 408 g/mol. The molecule has 1 aromatic carbocycles. The van der Waals surface area contributed by atoms with E-state index in [1.165, 1.54) is 7.11 Å². The Labute approximate surface area is 170 Å². The van der Waals surface area contributed by atoms with Gasteiger partial charge >= 0.3 is 0 Å². The topological polar surface area (TPSA) is 72.9 Å². The maximum atomic E-state index is 13.0. The van der Waals surface area contributed by atoms with Crippen molar-refractivity contribution >= 4 is 29.1 Å². The Morgan fingerprint density at radius 2 is 1.71 bits per heavy atom. The number of Topliss-reactive ketones (excluding diaryl/α,β-unsaturated/α-hetero) is 2. The summed E-state index contributed by atoms with van der Waals surface area (Å²) in [5, 5.41) is 0. The lowest BCUT2D eigenvalue weighted by atomic mass is 9.67. The van der Waals surface area contributed by atoms with E-state index in [0.29, 0.717) is 37.3 Å². The first-order chi connectivity index (χ1) is 13.2. The minimum atomic E-state index is -0.877. The van der Waals surface area contributed by atoms with E-state index in [1.54, 1.807) is 18.1 Å². The molecule has 1 heterocycles. The van der Waals surface area contributed by atoms with Crippen LogP contribution in [0.1, 0.15) is 43.9 Å². The zero-order chi connectivity index (χ0) is 20.6. The van der Waals surface area contributed by atoms with E-state index < -0.39 is 12.0 Å². The molecule has 1 fully saturated rings. The number of carbonyl (C=O) groups excluding carboxylic acids is 3. The molecule has 152 valence electrons. The fourth-order valence-corrected chi connectivity index (χ4v) is 4.60. The number of amides is 1. The van der Waals surface area contributed by atoms with Crippen LogP contribution in [-0.4, -0.2) is 49.0 Å². The minimum Gasteiger partial charge on any atom is -0.493 e. The highest BCUT2D eigenvalue weighted by Gasteiger charge is 2.48. The van der Waals surface area contributed by atoms with Crippen LogP contribution in [0.4, 0.5) is 0 Å². The second-order valence-electron chi connectivity index (χ2n) is 8.25. The quantitative estimate of drug-likeness (QED) is 0.566. The predicted molar refractivity (Wildman–Crippen MR) is 105 cm³/mol. The molecule has 3 rings (SSSR count). The molecule has 1 aliphatic carbocycles. The number of hydrogen-bond acceptors (Lipinski definition) is 5. The number of ketones is 2. The Morgan fingerprint density at radius 3 is 2.25 bits per heavy atom. The van der Waals surface area contributed by atoms with Crippen LogP contribution in [0.2, 0.25) is 0 Å². The molecule has 1 atom stereocenters. The Kier molecular flexibility index (Phi) is 5.71. The first-order valence-corrected chi connectivity index (χ1v) is 9.91. The van der Waals surface area contributed by atoms with Gasteiger partial charge < -0.3 is 14.4 Å². The van der Waals surface area contributed by atoms with Gasteiger partial charge in [0.05, 0.1) is 20.3 Å². The van der Waals surface area contributed by atoms with Crippen LogP contribution >= 0.6 is 11.6 Å². The number of halogens is 1. The zero-order valence-electron chi connectivity index (χ0n) is 16.7. The van der Waals surface area contributed by atoms with Crippen LogP contribution in [0.15, 0.2) is 12.1 Å². The van der Waals surface area contributed by atoms with Gasteiger partial charge in [-0.25, -0.2) is 0 Å².